The molecule has 1 saturated heterocycles. The molecule has 3 aromatic rings. The molecule has 0 unspecified atom stereocenters. The maximum atomic E-state index is 13.4. The van der Waals surface area contributed by atoms with Crippen molar-refractivity contribution in [3.05, 3.63) is 77.6 Å². The van der Waals surface area contributed by atoms with E-state index >= 15 is 0 Å². The van der Waals surface area contributed by atoms with Crippen LogP contribution in [-0.4, -0.2) is 49.1 Å². The molecule has 1 fully saturated rings. The number of anilines is 2. The van der Waals surface area contributed by atoms with Gasteiger partial charge >= 0.3 is 0 Å². The molecular formula is C28H34N4O2S. The van der Waals surface area contributed by atoms with Gasteiger partial charge in [-0.2, -0.15) is 0 Å². The van der Waals surface area contributed by atoms with E-state index in [0.29, 0.717) is 18.7 Å². The Morgan fingerprint density at radius 2 is 1.83 bits per heavy atom. The number of nitrogens with zero attached hydrogens (tertiary/aromatic N) is 3. The average Bonchev–Trinajstić information content (AvgIpc) is 2.91. The molecule has 1 aliphatic heterocycles. The highest BCUT2D eigenvalue weighted by Gasteiger charge is 2.25. The molecule has 1 aromatic heterocycles. The van der Waals surface area contributed by atoms with Gasteiger partial charge in [-0.15, -0.1) is 0 Å². The largest absolute Gasteiger partial charge is 0.495 e. The van der Waals surface area contributed by atoms with Crippen molar-refractivity contribution in [1.82, 2.24) is 9.88 Å². The second-order valence-corrected chi connectivity index (χ2v) is 9.64. The second-order valence-electron chi connectivity index (χ2n) is 8.76. The van der Waals surface area contributed by atoms with Gasteiger partial charge in [0.1, 0.15) is 5.75 Å². The third kappa shape index (κ3) is 6.28. The number of unbranched alkanes of at least 4 members (excludes halogenated alkanes) is 1. The first-order valence-corrected chi connectivity index (χ1v) is 13.1. The van der Waals surface area contributed by atoms with Crippen LogP contribution in [0.3, 0.4) is 0 Å². The van der Waals surface area contributed by atoms with Gasteiger partial charge in [-0.1, -0.05) is 37.6 Å². The fraction of sp³-hybridized carbons (Fsp3) is 0.357. The number of para-hydroxylation sites is 2. The molecule has 0 spiro atoms. The molecule has 0 atom stereocenters. The highest BCUT2D eigenvalue weighted by Crippen LogP contribution is 2.29. The van der Waals surface area contributed by atoms with Crippen molar-refractivity contribution in [2.45, 2.75) is 38.0 Å². The van der Waals surface area contributed by atoms with Gasteiger partial charge in [-0.25, -0.2) is 0 Å². The summed E-state index contributed by atoms with van der Waals surface area (Å²) in [5, 5.41) is 0. The lowest BCUT2D eigenvalue weighted by atomic mass is 10.1. The van der Waals surface area contributed by atoms with E-state index in [0.717, 1.165) is 47.2 Å². The van der Waals surface area contributed by atoms with E-state index in [-0.39, 0.29) is 5.91 Å². The quantitative estimate of drug-likeness (QED) is 0.381. The van der Waals surface area contributed by atoms with Gasteiger partial charge in [0.15, 0.2) is 0 Å². The molecule has 0 saturated carbocycles. The van der Waals surface area contributed by atoms with Gasteiger partial charge in [0.25, 0.3) is 5.91 Å². The van der Waals surface area contributed by atoms with Crippen LogP contribution in [0.4, 0.5) is 11.4 Å². The lowest BCUT2D eigenvalue weighted by molar-refractivity contribution is 0.0745. The summed E-state index contributed by atoms with van der Waals surface area (Å²) in [5.41, 5.74) is 4.89. The Morgan fingerprint density at radius 1 is 1.09 bits per heavy atom. The zero-order valence-electron chi connectivity index (χ0n) is 20.8. The third-order valence-corrected chi connectivity index (χ3v) is 7.14. The lowest BCUT2D eigenvalue weighted by Crippen LogP contribution is -2.49. The number of ether oxygens (including phenoxy) is 1. The minimum atomic E-state index is 0.0393. The molecule has 6 nitrogen and oxygen atoms in total. The Kier molecular flexibility index (Phi) is 8.53. The Bertz CT molecular complexity index is 1130. The van der Waals surface area contributed by atoms with E-state index in [4.69, 9.17) is 4.74 Å². The summed E-state index contributed by atoms with van der Waals surface area (Å²) in [6, 6.07) is 18.5. The van der Waals surface area contributed by atoms with Gasteiger partial charge in [0, 0.05) is 43.0 Å². The highest BCUT2D eigenvalue weighted by molar-refractivity contribution is 8.00. The number of nitrogens with one attached hydrogen (secondary N) is 1. The molecule has 2 aromatic carbocycles. The molecule has 0 aliphatic carbocycles. The van der Waals surface area contributed by atoms with Crippen molar-refractivity contribution >= 4 is 29.2 Å². The number of methoxy groups -OCH3 is 1. The van der Waals surface area contributed by atoms with Gasteiger partial charge in [0.05, 0.1) is 24.1 Å². The predicted molar refractivity (Wildman–Crippen MR) is 145 cm³/mol. The van der Waals surface area contributed by atoms with E-state index in [1.54, 1.807) is 7.11 Å². The number of hydrogen-bond acceptors (Lipinski definition) is 6. The number of aromatic nitrogens is 1. The van der Waals surface area contributed by atoms with E-state index in [2.05, 4.69) is 51.9 Å². The van der Waals surface area contributed by atoms with Crippen LogP contribution in [0.2, 0.25) is 0 Å². The van der Waals surface area contributed by atoms with Crippen LogP contribution in [0, 0.1) is 6.92 Å². The molecule has 1 amide bonds. The fourth-order valence-corrected chi connectivity index (χ4v) is 4.89. The van der Waals surface area contributed by atoms with Gasteiger partial charge in [-0.3, -0.25) is 9.78 Å². The summed E-state index contributed by atoms with van der Waals surface area (Å²) in [5.74, 6) is 0.901. The van der Waals surface area contributed by atoms with Crippen molar-refractivity contribution in [2.75, 3.05) is 42.9 Å². The van der Waals surface area contributed by atoms with Gasteiger partial charge < -0.3 is 19.3 Å². The summed E-state index contributed by atoms with van der Waals surface area (Å²) < 4.78 is 8.89. The van der Waals surface area contributed by atoms with Crippen molar-refractivity contribution in [3.63, 3.8) is 0 Å². The Labute approximate surface area is 212 Å². The van der Waals surface area contributed by atoms with Crippen LogP contribution in [0.25, 0.3) is 0 Å². The topological polar surface area (TPSA) is 57.7 Å². The zero-order valence-corrected chi connectivity index (χ0v) is 21.6. The number of aryl methyl sites for hydroxylation is 2. The average molecular weight is 491 g/mol. The van der Waals surface area contributed by atoms with E-state index in [9.17, 15) is 4.79 Å². The van der Waals surface area contributed by atoms with Crippen molar-refractivity contribution in [2.24, 2.45) is 0 Å². The summed E-state index contributed by atoms with van der Waals surface area (Å²) in [4.78, 5) is 23.0. The monoisotopic (exact) mass is 490 g/mol. The maximum absolute atomic E-state index is 13.4. The van der Waals surface area contributed by atoms with E-state index in [1.165, 1.54) is 30.4 Å². The first kappa shape index (κ1) is 24.9. The number of rotatable bonds is 9. The lowest BCUT2D eigenvalue weighted by Gasteiger charge is -2.36. The molecule has 7 heteroatoms. The summed E-state index contributed by atoms with van der Waals surface area (Å²) in [6.07, 6.45) is 5.35. The Morgan fingerprint density at radius 3 is 2.54 bits per heavy atom. The Hall–Kier alpha value is -3.19. The Balaban J connectivity index is 1.36. The summed E-state index contributed by atoms with van der Waals surface area (Å²) in [7, 11) is 1.69. The highest BCUT2D eigenvalue weighted by atomic mass is 32.2. The van der Waals surface area contributed by atoms with Crippen LogP contribution in [0.15, 0.2) is 65.7 Å². The number of carbonyl (C=O) groups is 1. The first-order chi connectivity index (χ1) is 17.1. The van der Waals surface area contributed by atoms with Crippen LogP contribution < -0.4 is 14.4 Å². The SMILES string of the molecule is CCCCc1ccc(NSc2cnc(C)c(C(=O)N3CCN(c4ccccc4OC)CC3)c2)cc1. The molecular weight excluding hydrogens is 456 g/mol. The minimum Gasteiger partial charge on any atom is -0.495 e. The smallest absolute Gasteiger partial charge is 0.255 e. The standard InChI is InChI=1S/C28H34N4O2S/c1-4-5-8-22-11-13-23(14-12-22)30-35-24-19-25(21(2)29-20-24)28(33)32-17-15-31(16-18-32)26-9-6-7-10-27(26)34-3/h6-7,9-14,19-20,30H,4-5,8,15-18H2,1-3H3. The van der Waals surface area contributed by atoms with Crippen molar-refractivity contribution < 1.29 is 9.53 Å². The number of amides is 1. The molecule has 0 bridgehead atoms. The number of carbonyl (C=O) groups excluding carboxylic acids is 1. The zero-order chi connectivity index (χ0) is 24.6. The van der Waals surface area contributed by atoms with Gasteiger partial charge in [-0.05, 0) is 67.6 Å². The van der Waals surface area contributed by atoms with Crippen LogP contribution in [0.1, 0.15) is 41.4 Å². The number of pyridine rings is 1. The first-order valence-electron chi connectivity index (χ1n) is 12.2. The number of benzene rings is 2. The molecule has 0 radical (unpaired) electrons. The van der Waals surface area contributed by atoms with E-state index < -0.39 is 0 Å². The van der Waals surface area contributed by atoms with Crippen molar-refractivity contribution in [1.29, 1.82) is 0 Å². The number of piperazine rings is 1. The molecule has 35 heavy (non-hydrogen) atoms. The maximum Gasteiger partial charge on any atom is 0.255 e. The molecule has 4 rings (SSSR count). The van der Waals surface area contributed by atoms with Gasteiger partial charge in [0.2, 0.25) is 0 Å². The normalized spacial score (nSPS) is 13.6. The van der Waals surface area contributed by atoms with Crippen LogP contribution in [-0.2, 0) is 6.42 Å². The number of hydrogen-bond donors (Lipinski definition) is 1. The molecule has 184 valence electrons. The molecule has 2 heterocycles. The minimum absolute atomic E-state index is 0.0393. The molecule has 1 aliphatic rings. The van der Waals surface area contributed by atoms with Crippen LogP contribution >= 0.6 is 11.9 Å². The van der Waals surface area contributed by atoms with E-state index in [1.807, 2.05) is 42.3 Å². The third-order valence-electron chi connectivity index (χ3n) is 6.34. The van der Waals surface area contributed by atoms with Crippen molar-refractivity contribution in [3.8, 4) is 5.75 Å². The fourth-order valence-electron chi connectivity index (χ4n) is 4.24. The second kappa shape index (κ2) is 12.0. The molecule has 1 N–H and O–H groups in total. The van der Waals surface area contributed by atoms with Crippen LogP contribution in [0.5, 0.6) is 5.75 Å². The summed E-state index contributed by atoms with van der Waals surface area (Å²) >= 11 is 1.48. The summed E-state index contributed by atoms with van der Waals surface area (Å²) in [6.45, 7) is 6.97. The predicted octanol–water partition coefficient (Wildman–Crippen LogP) is 5.82.